The van der Waals surface area contributed by atoms with E-state index in [4.69, 9.17) is 0 Å². The molecular weight excluding hydrogens is 375 g/mol. The summed E-state index contributed by atoms with van der Waals surface area (Å²) in [5, 5.41) is 2.54. The van der Waals surface area contributed by atoms with Gasteiger partial charge in [-0.25, -0.2) is 8.42 Å². The molecule has 1 saturated heterocycles. The third-order valence-electron chi connectivity index (χ3n) is 3.64. The summed E-state index contributed by atoms with van der Waals surface area (Å²) in [7, 11) is -4.43. The van der Waals surface area contributed by atoms with E-state index in [1.165, 1.54) is 20.3 Å². The minimum Gasteiger partial charge on any atom is -0.748 e. The van der Waals surface area contributed by atoms with E-state index in [0.717, 1.165) is 17.9 Å². The average molecular weight is 402 g/mol. The molecule has 10 heteroatoms. The Morgan fingerprint density at radius 3 is 2.60 bits per heavy atom. The summed E-state index contributed by atoms with van der Waals surface area (Å²) in [5.74, 6) is 0.702. The van der Waals surface area contributed by atoms with Gasteiger partial charge in [0, 0.05) is 30.3 Å². The van der Waals surface area contributed by atoms with Gasteiger partial charge in [0.2, 0.25) is 11.8 Å². The van der Waals surface area contributed by atoms with Crippen molar-refractivity contribution in [3.8, 4) is 0 Å². The van der Waals surface area contributed by atoms with Gasteiger partial charge in [-0.3, -0.25) is 9.59 Å². The molecule has 1 unspecified atom stereocenters. The molecule has 139 valence electrons. The molecule has 0 aromatic rings. The predicted molar refractivity (Wildman–Crippen MR) is 93.4 cm³/mol. The van der Waals surface area contributed by atoms with Crippen LogP contribution in [0.15, 0.2) is 0 Å². The Kier molecular flexibility index (Phi) is 11.2. The number of thioether (sulfide) groups is 1. The fourth-order valence-corrected chi connectivity index (χ4v) is 4.48. The van der Waals surface area contributed by atoms with Crippen LogP contribution in [0.1, 0.15) is 40.0 Å². The summed E-state index contributed by atoms with van der Waals surface area (Å²) in [6.45, 7) is 5.73. The van der Waals surface area contributed by atoms with Crippen LogP contribution in [-0.2, 0) is 19.7 Å². The molecule has 25 heavy (non-hydrogen) atoms. The maximum atomic E-state index is 12.0. The number of carbonyl (C=O) groups is 2. The summed E-state index contributed by atoms with van der Waals surface area (Å²) < 4.78 is 32.6. The molecule has 2 amide bonds. The molecular formula is C15H26N2NaO5S2. The number of amides is 2. The number of hydrogen-bond donors (Lipinski definition) is 1. The first-order valence-electron chi connectivity index (χ1n) is 8.00. The van der Waals surface area contributed by atoms with E-state index in [2.05, 4.69) is 5.32 Å². The van der Waals surface area contributed by atoms with Crippen LogP contribution in [0, 0.1) is 6.42 Å². The molecule has 1 aliphatic heterocycles. The maximum Gasteiger partial charge on any atom is 1.00 e. The quantitative estimate of drug-likeness (QED) is 0.328. The topological polar surface area (TPSA) is 107 Å². The Morgan fingerprint density at radius 2 is 2.12 bits per heavy atom. The zero-order valence-corrected chi connectivity index (χ0v) is 19.0. The SMILES string of the molecule is CCSCC(C[CH]C(=O)NC(C)(C)CS(=O)(=O)[O-])N1CCCC1=O.[Na+]. The van der Waals surface area contributed by atoms with Gasteiger partial charge in [0.05, 0.1) is 22.3 Å². The number of hydrogen-bond acceptors (Lipinski definition) is 6. The zero-order valence-electron chi connectivity index (χ0n) is 15.4. The number of likely N-dealkylation sites (tertiary alicyclic amines) is 1. The van der Waals surface area contributed by atoms with Crippen molar-refractivity contribution in [3.63, 3.8) is 0 Å². The number of carbonyl (C=O) groups excluding carboxylic acids is 2. The fourth-order valence-electron chi connectivity index (χ4n) is 2.70. The minimum absolute atomic E-state index is 0. The van der Waals surface area contributed by atoms with Gasteiger partial charge in [0.25, 0.3) is 0 Å². The van der Waals surface area contributed by atoms with E-state index in [1.54, 1.807) is 11.8 Å². The van der Waals surface area contributed by atoms with Crippen molar-refractivity contribution in [1.82, 2.24) is 10.2 Å². The van der Waals surface area contributed by atoms with Crippen molar-refractivity contribution < 1.29 is 52.1 Å². The largest absolute Gasteiger partial charge is 1.00 e. The first-order chi connectivity index (χ1) is 11.0. The van der Waals surface area contributed by atoms with Crippen molar-refractivity contribution in [2.24, 2.45) is 0 Å². The second kappa shape index (κ2) is 11.1. The Hall–Kier alpha value is 0.200. The first-order valence-corrected chi connectivity index (χ1v) is 10.7. The molecule has 7 nitrogen and oxygen atoms in total. The van der Waals surface area contributed by atoms with E-state index < -0.39 is 27.3 Å². The van der Waals surface area contributed by atoms with E-state index in [1.807, 2.05) is 11.8 Å². The van der Waals surface area contributed by atoms with Crippen molar-refractivity contribution in [2.45, 2.75) is 51.6 Å². The first kappa shape index (κ1) is 25.2. The minimum atomic E-state index is -4.43. The molecule has 1 N–H and O–H groups in total. The molecule has 0 aromatic carbocycles. The number of rotatable bonds is 10. The Morgan fingerprint density at radius 1 is 1.48 bits per heavy atom. The molecule has 1 atom stereocenters. The fraction of sp³-hybridized carbons (Fsp3) is 0.800. The van der Waals surface area contributed by atoms with Crippen LogP contribution in [0.25, 0.3) is 0 Å². The number of nitrogens with zero attached hydrogens (tertiary/aromatic N) is 1. The third-order valence-corrected chi connectivity index (χ3v) is 5.74. The Bertz CT molecular complexity index is 554. The van der Waals surface area contributed by atoms with Gasteiger partial charge in [0.15, 0.2) is 0 Å². The van der Waals surface area contributed by atoms with E-state index >= 15 is 0 Å². The van der Waals surface area contributed by atoms with Crippen molar-refractivity contribution in [2.75, 3.05) is 23.8 Å². The molecule has 1 fully saturated rings. The summed E-state index contributed by atoms with van der Waals surface area (Å²) >= 11 is 1.71. The summed E-state index contributed by atoms with van der Waals surface area (Å²) in [5.41, 5.74) is -1.13. The third kappa shape index (κ3) is 10.2. The molecule has 1 rings (SSSR count). The van der Waals surface area contributed by atoms with Crippen molar-refractivity contribution in [1.29, 1.82) is 0 Å². The monoisotopic (exact) mass is 401 g/mol. The van der Waals surface area contributed by atoms with Crippen LogP contribution in [0.3, 0.4) is 0 Å². The number of nitrogens with one attached hydrogen (secondary N) is 1. The summed E-state index contributed by atoms with van der Waals surface area (Å²) in [6, 6.07) is -0.0398. The molecule has 0 aliphatic carbocycles. The maximum absolute atomic E-state index is 12.0. The summed E-state index contributed by atoms with van der Waals surface area (Å²) in [4.78, 5) is 25.8. The zero-order chi connectivity index (χ0) is 18.4. The van der Waals surface area contributed by atoms with Gasteiger partial charge in [-0.15, -0.1) is 0 Å². The van der Waals surface area contributed by atoms with Crippen LogP contribution in [-0.4, -0.2) is 65.1 Å². The molecule has 1 heterocycles. The van der Waals surface area contributed by atoms with Gasteiger partial charge in [0.1, 0.15) is 0 Å². The Labute approximate surface area is 177 Å². The van der Waals surface area contributed by atoms with E-state index in [-0.39, 0.29) is 41.5 Å². The van der Waals surface area contributed by atoms with Gasteiger partial charge in [-0.2, -0.15) is 11.8 Å². The molecule has 0 aromatic heterocycles. The molecule has 1 radical (unpaired) electrons. The van der Waals surface area contributed by atoms with Crippen LogP contribution in [0.5, 0.6) is 0 Å². The molecule has 0 spiro atoms. The molecule has 0 saturated carbocycles. The van der Waals surface area contributed by atoms with Gasteiger partial charge < -0.3 is 14.8 Å². The molecule has 1 aliphatic rings. The van der Waals surface area contributed by atoms with Crippen molar-refractivity contribution in [3.05, 3.63) is 6.42 Å². The average Bonchev–Trinajstić information content (AvgIpc) is 2.81. The van der Waals surface area contributed by atoms with Crippen LogP contribution in [0.4, 0.5) is 0 Å². The van der Waals surface area contributed by atoms with Crippen LogP contribution >= 0.6 is 11.8 Å². The Balaban J connectivity index is 0.00000576. The second-order valence-electron chi connectivity index (χ2n) is 6.52. The molecule has 0 bridgehead atoms. The van der Waals surface area contributed by atoms with Crippen molar-refractivity contribution >= 4 is 33.7 Å². The normalized spacial score (nSPS) is 16.5. The van der Waals surface area contributed by atoms with Crippen LogP contribution < -0.4 is 34.9 Å². The smallest absolute Gasteiger partial charge is 0.748 e. The van der Waals surface area contributed by atoms with Gasteiger partial charge in [-0.05, 0) is 32.4 Å². The standard InChI is InChI=1S/C15H27N2O5S2.Na/c1-4-23-10-12(17-9-5-6-14(17)19)7-8-13(18)16-15(2,3)11-24(20,21)22;/h8,12H,4-7,9-11H2,1-3H3,(H,16,18)(H,20,21,22);/q;+1/p-1. The van der Waals surface area contributed by atoms with Gasteiger partial charge >= 0.3 is 29.6 Å². The van der Waals surface area contributed by atoms with Crippen LogP contribution in [0.2, 0.25) is 0 Å². The van der Waals surface area contributed by atoms with E-state index in [0.29, 0.717) is 19.4 Å². The summed E-state index contributed by atoms with van der Waals surface area (Å²) in [6.07, 6.45) is 3.23. The van der Waals surface area contributed by atoms with Gasteiger partial charge in [-0.1, -0.05) is 6.92 Å². The second-order valence-corrected chi connectivity index (χ2v) is 9.24. The van der Waals surface area contributed by atoms with E-state index in [9.17, 15) is 22.6 Å². The predicted octanol–water partition coefficient (Wildman–Crippen LogP) is -2.23.